The van der Waals surface area contributed by atoms with E-state index in [2.05, 4.69) is 21.2 Å². The number of thiophene rings is 1. The van der Waals surface area contributed by atoms with Gasteiger partial charge in [0.1, 0.15) is 10.6 Å². The van der Waals surface area contributed by atoms with E-state index in [1.807, 2.05) is 13.8 Å². The molecule has 0 saturated heterocycles. The Balaban J connectivity index is 2.29. The Hall–Kier alpha value is -2.19. The van der Waals surface area contributed by atoms with Crippen molar-refractivity contribution in [2.45, 2.75) is 34.2 Å². The Morgan fingerprint density at radius 3 is 2.64 bits per heavy atom. The van der Waals surface area contributed by atoms with Gasteiger partial charge in [-0.25, -0.2) is 9.18 Å². The summed E-state index contributed by atoms with van der Waals surface area (Å²) in [4.78, 5) is 26.5. The summed E-state index contributed by atoms with van der Waals surface area (Å²) in [7, 11) is 0. The molecule has 0 spiro atoms. The number of esters is 1. The number of ether oxygens (including phenoxy) is 1. The van der Waals surface area contributed by atoms with Gasteiger partial charge < -0.3 is 14.6 Å². The summed E-state index contributed by atoms with van der Waals surface area (Å²) < 4.78 is 22.1. The van der Waals surface area contributed by atoms with E-state index in [-0.39, 0.29) is 30.6 Å². The molecule has 2 aromatic heterocycles. The second-order valence-electron chi connectivity index (χ2n) is 6.41. The zero-order chi connectivity index (χ0) is 20.6. The normalized spacial score (nSPS) is 11.1. The second-order valence-corrected chi connectivity index (χ2v) is 8.53. The van der Waals surface area contributed by atoms with Crippen LogP contribution >= 0.6 is 27.3 Å². The Morgan fingerprint density at radius 1 is 1.32 bits per heavy atom. The van der Waals surface area contributed by atoms with Gasteiger partial charge in [-0.15, -0.1) is 11.3 Å². The van der Waals surface area contributed by atoms with Crippen LogP contribution in [0.15, 0.2) is 22.7 Å². The average Bonchev–Trinajstić information content (AvgIpc) is 3.05. The van der Waals surface area contributed by atoms with Crippen molar-refractivity contribution in [3.63, 3.8) is 0 Å². The summed E-state index contributed by atoms with van der Waals surface area (Å²) in [6.45, 7) is 7.37. The highest BCUT2D eigenvalue weighted by atomic mass is 79.9. The third kappa shape index (κ3) is 3.71. The number of halogens is 2. The van der Waals surface area contributed by atoms with Crippen LogP contribution in [0.3, 0.4) is 0 Å². The minimum atomic E-state index is -0.552. The summed E-state index contributed by atoms with van der Waals surface area (Å²) >= 11 is 4.76. The van der Waals surface area contributed by atoms with E-state index in [0.29, 0.717) is 15.7 Å². The summed E-state index contributed by atoms with van der Waals surface area (Å²) in [5, 5.41) is 3.57. The minimum Gasteiger partial charge on any atom is -0.461 e. The van der Waals surface area contributed by atoms with Crippen molar-refractivity contribution in [2.75, 3.05) is 11.9 Å². The van der Waals surface area contributed by atoms with E-state index < -0.39 is 5.97 Å². The molecule has 1 amide bonds. The van der Waals surface area contributed by atoms with Gasteiger partial charge in [0, 0.05) is 27.2 Å². The molecular weight excluding hydrogens is 447 g/mol. The molecule has 5 nitrogen and oxygen atoms in total. The number of amides is 1. The predicted octanol–water partition coefficient (Wildman–Crippen LogP) is 5.40. The van der Waals surface area contributed by atoms with Crippen molar-refractivity contribution in [1.82, 2.24) is 4.57 Å². The van der Waals surface area contributed by atoms with E-state index in [1.165, 1.54) is 24.3 Å². The fourth-order valence-corrected chi connectivity index (χ4v) is 4.63. The van der Waals surface area contributed by atoms with Crippen molar-refractivity contribution < 1.29 is 18.7 Å². The Bertz CT molecular complexity index is 1090. The van der Waals surface area contributed by atoms with Gasteiger partial charge in [-0.3, -0.25) is 4.79 Å². The van der Waals surface area contributed by atoms with Gasteiger partial charge in [0.2, 0.25) is 5.91 Å². The van der Waals surface area contributed by atoms with Crippen LogP contribution in [0.4, 0.5) is 10.1 Å². The molecular formula is C20H20BrFN2O3S. The second kappa shape index (κ2) is 8.05. The number of hydrogen-bond donors (Lipinski definition) is 1. The first-order valence-corrected chi connectivity index (χ1v) is 10.4. The number of carbonyl (C=O) groups excluding carboxylic acids is 2. The lowest BCUT2D eigenvalue weighted by Crippen LogP contribution is -2.17. The number of aromatic nitrogens is 1. The molecule has 0 unspecified atom stereocenters. The molecule has 0 radical (unpaired) electrons. The largest absolute Gasteiger partial charge is 0.461 e. The fourth-order valence-electron chi connectivity index (χ4n) is 3.13. The molecule has 1 aromatic carbocycles. The van der Waals surface area contributed by atoms with Gasteiger partial charge in [-0.1, -0.05) is 22.0 Å². The monoisotopic (exact) mass is 466 g/mol. The molecule has 2 heterocycles. The topological polar surface area (TPSA) is 60.3 Å². The van der Waals surface area contributed by atoms with Crippen LogP contribution in [-0.2, 0) is 16.1 Å². The molecule has 0 saturated carbocycles. The third-order valence-electron chi connectivity index (χ3n) is 4.48. The van der Waals surface area contributed by atoms with Crippen molar-refractivity contribution in [1.29, 1.82) is 0 Å². The van der Waals surface area contributed by atoms with E-state index in [9.17, 15) is 14.0 Å². The molecule has 0 aliphatic rings. The molecule has 0 aliphatic heterocycles. The van der Waals surface area contributed by atoms with Crippen molar-refractivity contribution in [3.8, 4) is 0 Å². The number of carbonyl (C=O) groups is 2. The average molecular weight is 467 g/mol. The number of hydrogen-bond acceptors (Lipinski definition) is 4. The number of benzene rings is 1. The Labute approximate surface area is 174 Å². The first kappa shape index (κ1) is 20.5. The van der Waals surface area contributed by atoms with Gasteiger partial charge in [0.05, 0.1) is 18.8 Å². The van der Waals surface area contributed by atoms with Crippen LogP contribution in [0.1, 0.15) is 40.3 Å². The summed E-state index contributed by atoms with van der Waals surface area (Å²) in [5.74, 6) is -1.22. The summed E-state index contributed by atoms with van der Waals surface area (Å²) in [5.41, 5.74) is 2.05. The lowest BCUT2D eigenvalue weighted by molar-refractivity contribution is -0.114. The quantitative estimate of drug-likeness (QED) is 0.511. The van der Waals surface area contributed by atoms with Crippen LogP contribution in [0, 0.1) is 19.7 Å². The number of nitrogens with one attached hydrogen (secondary N) is 1. The highest BCUT2D eigenvalue weighted by Gasteiger charge is 2.28. The highest BCUT2D eigenvalue weighted by molar-refractivity contribution is 9.10. The van der Waals surface area contributed by atoms with Crippen molar-refractivity contribution in [2.24, 2.45) is 0 Å². The summed E-state index contributed by atoms with van der Waals surface area (Å²) in [6.07, 6.45) is 0. The van der Waals surface area contributed by atoms with Crippen LogP contribution in [-0.4, -0.2) is 23.1 Å². The third-order valence-corrected chi connectivity index (χ3v) is 6.21. The number of rotatable bonds is 5. The Kier molecular flexibility index (Phi) is 5.90. The molecule has 0 bridgehead atoms. The number of anilines is 1. The SMILES string of the molecule is CCOC(=O)c1c(NC(C)=O)c2c(C)c(C)sc2n1Cc1ccc(Br)cc1F. The minimum absolute atomic E-state index is 0.142. The van der Waals surface area contributed by atoms with Crippen LogP contribution < -0.4 is 5.32 Å². The van der Waals surface area contributed by atoms with Crippen LogP contribution in [0.25, 0.3) is 10.2 Å². The highest BCUT2D eigenvalue weighted by Crippen LogP contribution is 2.41. The molecule has 148 valence electrons. The summed E-state index contributed by atoms with van der Waals surface area (Å²) in [6, 6.07) is 4.81. The van der Waals surface area contributed by atoms with E-state index in [1.54, 1.807) is 23.6 Å². The molecule has 0 atom stereocenters. The number of fused-ring (bicyclic) bond motifs is 1. The lowest BCUT2D eigenvalue weighted by atomic mass is 10.2. The first-order valence-electron chi connectivity index (χ1n) is 8.75. The zero-order valence-corrected chi connectivity index (χ0v) is 18.4. The van der Waals surface area contributed by atoms with Gasteiger partial charge in [-0.2, -0.15) is 0 Å². The molecule has 1 N–H and O–H groups in total. The molecule has 28 heavy (non-hydrogen) atoms. The van der Waals surface area contributed by atoms with E-state index in [0.717, 1.165) is 20.7 Å². The van der Waals surface area contributed by atoms with E-state index >= 15 is 0 Å². The molecule has 3 rings (SSSR count). The maximum absolute atomic E-state index is 14.5. The van der Waals surface area contributed by atoms with Crippen molar-refractivity contribution >= 4 is 55.0 Å². The predicted molar refractivity (Wildman–Crippen MR) is 113 cm³/mol. The fraction of sp³-hybridized carbons (Fsp3) is 0.300. The smallest absolute Gasteiger partial charge is 0.357 e. The number of aryl methyl sites for hydroxylation is 2. The van der Waals surface area contributed by atoms with Crippen molar-refractivity contribution in [3.05, 3.63) is 50.2 Å². The van der Waals surface area contributed by atoms with Gasteiger partial charge >= 0.3 is 5.97 Å². The number of nitrogens with zero attached hydrogens (tertiary/aromatic N) is 1. The first-order chi connectivity index (χ1) is 13.2. The maximum atomic E-state index is 14.5. The maximum Gasteiger partial charge on any atom is 0.357 e. The molecule has 8 heteroatoms. The van der Waals surface area contributed by atoms with Crippen LogP contribution in [0.2, 0.25) is 0 Å². The lowest BCUT2D eigenvalue weighted by Gasteiger charge is -2.12. The molecule has 3 aromatic rings. The van der Waals surface area contributed by atoms with Gasteiger partial charge in [0.25, 0.3) is 0 Å². The van der Waals surface area contributed by atoms with Gasteiger partial charge in [-0.05, 0) is 38.5 Å². The molecule has 0 fully saturated rings. The van der Waals surface area contributed by atoms with Gasteiger partial charge in [0.15, 0.2) is 5.69 Å². The Morgan fingerprint density at radius 2 is 2.04 bits per heavy atom. The zero-order valence-electron chi connectivity index (χ0n) is 16.0. The van der Waals surface area contributed by atoms with Crippen LogP contribution in [0.5, 0.6) is 0 Å². The molecule has 0 aliphatic carbocycles. The standard InChI is InChI=1S/C20H20BrFN2O3S/c1-5-27-20(26)18-17(23-12(4)25)16-10(2)11(3)28-19(16)24(18)9-13-6-7-14(21)8-15(13)22/h6-8H,5,9H2,1-4H3,(H,23,25). The van der Waals surface area contributed by atoms with E-state index in [4.69, 9.17) is 4.74 Å².